The highest BCUT2D eigenvalue weighted by molar-refractivity contribution is 6.12. The second kappa shape index (κ2) is 8.15. The van der Waals surface area contributed by atoms with Gasteiger partial charge in [-0.2, -0.15) is 0 Å². The maximum atomic E-state index is 2.36. The van der Waals surface area contributed by atoms with Gasteiger partial charge in [-0.05, 0) is 165 Å². The third-order valence-electron chi connectivity index (χ3n) is 8.59. The van der Waals surface area contributed by atoms with Crippen LogP contribution < -0.4 is 0 Å². The van der Waals surface area contributed by atoms with E-state index in [2.05, 4.69) is 146 Å². The lowest BCUT2D eigenvalue weighted by molar-refractivity contribution is 1.65. The monoisotopic (exact) mass is 504 g/mol. The highest BCUT2D eigenvalue weighted by Crippen LogP contribution is 2.35. The molecule has 0 heterocycles. The Morgan fingerprint density at radius 2 is 0.475 bits per heavy atom. The van der Waals surface area contributed by atoms with Gasteiger partial charge >= 0.3 is 0 Å². The van der Waals surface area contributed by atoms with Crippen molar-refractivity contribution in [1.82, 2.24) is 0 Å². The van der Waals surface area contributed by atoms with Gasteiger partial charge < -0.3 is 0 Å². The van der Waals surface area contributed by atoms with Crippen LogP contribution in [0.3, 0.4) is 0 Å². The fraction of sp³-hybridized carbons (Fsp3) is 0. The summed E-state index contributed by atoms with van der Waals surface area (Å²) in [5, 5.41) is 18.0. The molecule has 9 aromatic carbocycles. The van der Waals surface area contributed by atoms with Crippen LogP contribution in [0.1, 0.15) is 0 Å². The molecule has 0 amide bonds. The van der Waals surface area contributed by atoms with E-state index in [0.29, 0.717) is 0 Å². The molecular formula is C40H24. The van der Waals surface area contributed by atoms with Gasteiger partial charge in [0.05, 0.1) is 0 Å². The third kappa shape index (κ3) is 3.40. The van der Waals surface area contributed by atoms with Crippen LogP contribution in [0.15, 0.2) is 146 Å². The smallest absolute Gasteiger partial charge is 0.0171 e. The molecule has 0 aromatic heterocycles. The Morgan fingerprint density at radius 1 is 0.175 bits per heavy atom. The Bertz CT molecular complexity index is 2470. The summed E-state index contributed by atoms with van der Waals surface area (Å²) in [6, 6.07) is 54.2. The van der Waals surface area contributed by atoms with Gasteiger partial charge in [0.1, 0.15) is 0 Å². The van der Waals surface area contributed by atoms with Crippen LogP contribution in [0.2, 0.25) is 0 Å². The van der Waals surface area contributed by atoms with Gasteiger partial charge in [-0.25, -0.2) is 0 Å². The van der Waals surface area contributed by atoms with Crippen molar-refractivity contribution >= 4 is 75.4 Å². The summed E-state index contributed by atoms with van der Waals surface area (Å²) in [5.74, 6) is 0. The number of benzene rings is 9. The van der Waals surface area contributed by atoms with Crippen molar-refractivity contribution in [2.24, 2.45) is 0 Å². The highest BCUT2D eigenvalue weighted by Gasteiger charge is 2.07. The zero-order valence-electron chi connectivity index (χ0n) is 21.9. The first-order valence-corrected chi connectivity index (χ1v) is 13.9. The van der Waals surface area contributed by atoms with Gasteiger partial charge in [-0.3, -0.25) is 0 Å². The topological polar surface area (TPSA) is 0 Å². The first-order chi connectivity index (χ1) is 19.7. The van der Waals surface area contributed by atoms with Gasteiger partial charge in [0.2, 0.25) is 0 Å². The van der Waals surface area contributed by atoms with E-state index in [1.165, 1.54) is 86.5 Å². The van der Waals surface area contributed by atoms with E-state index >= 15 is 0 Å². The molecule has 40 heavy (non-hydrogen) atoms. The summed E-state index contributed by atoms with van der Waals surface area (Å²) in [4.78, 5) is 0. The van der Waals surface area contributed by atoms with E-state index in [0.717, 1.165) is 0 Å². The number of hydrogen-bond acceptors (Lipinski definition) is 0. The van der Waals surface area contributed by atoms with Crippen LogP contribution >= 0.6 is 0 Å². The van der Waals surface area contributed by atoms with Crippen molar-refractivity contribution in [3.05, 3.63) is 146 Å². The maximum absolute atomic E-state index is 2.36. The lowest BCUT2D eigenvalue weighted by Gasteiger charge is -2.10. The first-order valence-electron chi connectivity index (χ1n) is 13.9. The highest BCUT2D eigenvalue weighted by atomic mass is 14.1. The molecule has 0 bridgehead atoms. The summed E-state index contributed by atoms with van der Waals surface area (Å²) >= 11 is 0. The Kier molecular flexibility index (Phi) is 4.42. The van der Waals surface area contributed by atoms with Gasteiger partial charge in [0, 0.05) is 0 Å². The van der Waals surface area contributed by atoms with Gasteiger partial charge in [0.25, 0.3) is 0 Å². The minimum atomic E-state index is 1.25. The third-order valence-corrected chi connectivity index (χ3v) is 8.59. The molecule has 9 rings (SSSR count). The lowest BCUT2D eigenvalue weighted by atomic mass is 9.94. The molecule has 0 heteroatoms. The molecule has 0 N–H and O–H groups in total. The fourth-order valence-electron chi connectivity index (χ4n) is 6.51. The zero-order valence-corrected chi connectivity index (χ0v) is 21.9. The predicted molar refractivity (Wildman–Crippen MR) is 174 cm³/mol. The van der Waals surface area contributed by atoms with Gasteiger partial charge in [0.15, 0.2) is 0 Å². The molecule has 0 aliphatic carbocycles. The Hall–Kier alpha value is -5.20. The molecule has 0 aliphatic heterocycles. The predicted octanol–water partition coefficient (Wildman–Crippen LogP) is 11.4. The lowest BCUT2D eigenvalue weighted by Crippen LogP contribution is -1.83. The summed E-state index contributed by atoms with van der Waals surface area (Å²) < 4.78 is 0. The minimum absolute atomic E-state index is 1.25. The van der Waals surface area contributed by atoms with Crippen molar-refractivity contribution < 1.29 is 0 Å². The molecular weight excluding hydrogens is 480 g/mol. The van der Waals surface area contributed by atoms with E-state index < -0.39 is 0 Å². The second-order valence-corrected chi connectivity index (χ2v) is 11.1. The molecule has 0 fully saturated rings. The van der Waals surface area contributed by atoms with Crippen LogP contribution in [0.5, 0.6) is 0 Å². The first kappa shape index (κ1) is 21.7. The van der Waals surface area contributed by atoms with Crippen LogP contribution in [0, 0.1) is 0 Å². The quantitative estimate of drug-likeness (QED) is 0.195. The average Bonchev–Trinajstić information content (AvgIpc) is 2.99. The number of fused-ring (bicyclic) bond motifs is 7. The molecule has 9 aromatic rings. The molecule has 0 nitrogen and oxygen atoms in total. The Labute approximate surface area is 231 Å². The summed E-state index contributed by atoms with van der Waals surface area (Å²) in [6.45, 7) is 0. The molecule has 0 spiro atoms. The van der Waals surface area contributed by atoms with Crippen LogP contribution in [-0.4, -0.2) is 0 Å². The van der Waals surface area contributed by atoms with Crippen molar-refractivity contribution in [3.63, 3.8) is 0 Å². The Morgan fingerprint density at radius 3 is 0.875 bits per heavy atom. The van der Waals surface area contributed by atoms with Crippen LogP contribution in [0.25, 0.3) is 86.5 Å². The standard InChI is InChI=1S/C40H24/c1-2-6-25(7-3-1)28-10-11-29-15-33-19-37-23-39-21-35-17-31-12-26-8-4-5-9-27(26)13-32(31)18-36(35)22-40(39)24-38(37)20-34(33)16-30(29)14-28/h1-24H. The number of rotatable bonds is 1. The van der Waals surface area contributed by atoms with Crippen LogP contribution in [-0.2, 0) is 0 Å². The maximum Gasteiger partial charge on any atom is -0.0171 e. The van der Waals surface area contributed by atoms with Crippen molar-refractivity contribution in [2.45, 2.75) is 0 Å². The van der Waals surface area contributed by atoms with Crippen LogP contribution in [0.4, 0.5) is 0 Å². The fourth-order valence-corrected chi connectivity index (χ4v) is 6.51. The minimum Gasteiger partial charge on any atom is -0.0622 e. The van der Waals surface area contributed by atoms with Crippen molar-refractivity contribution in [2.75, 3.05) is 0 Å². The van der Waals surface area contributed by atoms with Crippen molar-refractivity contribution in [3.8, 4) is 11.1 Å². The van der Waals surface area contributed by atoms with Crippen molar-refractivity contribution in [1.29, 1.82) is 0 Å². The Balaban J connectivity index is 1.23. The SMILES string of the molecule is c1ccc(-c2ccc3cc4cc5cc6cc7cc8cc9ccccc9cc8cc7cc6cc5cc4cc3c2)cc1. The summed E-state index contributed by atoms with van der Waals surface area (Å²) in [6.07, 6.45) is 0. The molecule has 0 saturated carbocycles. The van der Waals surface area contributed by atoms with E-state index in [4.69, 9.17) is 0 Å². The van der Waals surface area contributed by atoms with Gasteiger partial charge in [-0.1, -0.05) is 66.7 Å². The molecule has 0 radical (unpaired) electrons. The molecule has 0 atom stereocenters. The van der Waals surface area contributed by atoms with Gasteiger partial charge in [-0.15, -0.1) is 0 Å². The summed E-state index contributed by atoms with van der Waals surface area (Å²) in [7, 11) is 0. The largest absolute Gasteiger partial charge is 0.0622 e. The zero-order chi connectivity index (χ0) is 26.2. The van der Waals surface area contributed by atoms with E-state index in [-0.39, 0.29) is 0 Å². The average molecular weight is 505 g/mol. The number of hydrogen-bond donors (Lipinski definition) is 0. The molecule has 0 aliphatic rings. The molecule has 184 valence electrons. The second-order valence-electron chi connectivity index (χ2n) is 11.1. The van der Waals surface area contributed by atoms with E-state index in [1.807, 2.05) is 0 Å². The molecule has 0 unspecified atom stereocenters. The van der Waals surface area contributed by atoms with E-state index in [1.54, 1.807) is 0 Å². The normalized spacial score (nSPS) is 12.0. The van der Waals surface area contributed by atoms with E-state index in [9.17, 15) is 0 Å². The molecule has 0 saturated heterocycles. The summed E-state index contributed by atoms with van der Waals surface area (Å²) in [5.41, 5.74) is 2.51.